The van der Waals surface area contributed by atoms with E-state index in [4.69, 9.17) is 0 Å². The lowest BCUT2D eigenvalue weighted by Crippen LogP contribution is -2.53. The Balaban J connectivity index is 1.38. The van der Waals surface area contributed by atoms with Gasteiger partial charge in [0.25, 0.3) is 0 Å². The van der Waals surface area contributed by atoms with Crippen LogP contribution in [0.15, 0.2) is 41.2 Å². The fourth-order valence-electron chi connectivity index (χ4n) is 3.95. The maximum absolute atomic E-state index is 12.8. The molecule has 0 spiro atoms. The van der Waals surface area contributed by atoms with Gasteiger partial charge in [0.05, 0.1) is 17.1 Å². The second-order valence-corrected chi connectivity index (χ2v) is 7.75. The lowest BCUT2D eigenvalue weighted by atomic mass is 10.1. The number of anilines is 2. The van der Waals surface area contributed by atoms with Crippen LogP contribution in [0.1, 0.15) is 18.1 Å². The van der Waals surface area contributed by atoms with Crippen molar-refractivity contribution < 1.29 is 4.79 Å². The summed E-state index contributed by atoms with van der Waals surface area (Å²) in [4.78, 5) is 34.2. The number of benzene rings is 2. The van der Waals surface area contributed by atoms with Crippen molar-refractivity contribution in [3.63, 3.8) is 0 Å². The quantitative estimate of drug-likeness (QED) is 0.636. The predicted molar refractivity (Wildman–Crippen MR) is 117 cm³/mol. The summed E-state index contributed by atoms with van der Waals surface area (Å²) in [7, 11) is 0. The molecule has 0 saturated carbocycles. The number of aromatic amines is 2. The van der Waals surface area contributed by atoms with Crippen LogP contribution in [0.2, 0.25) is 0 Å². The Labute approximate surface area is 169 Å². The molecule has 0 unspecified atom stereocenters. The van der Waals surface area contributed by atoms with Gasteiger partial charge < -0.3 is 20.2 Å². The number of H-pyrrole nitrogens is 2. The van der Waals surface area contributed by atoms with Crippen molar-refractivity contribution in [2.45, 2.75) is 26.8 Å². The van der Waals surface area contributed by atoms with Gasteiger partial charge in [-0.05, 0) is 56.2 Å². The minimum Gasteiger partial charge on any atom is -0.369 e. The van der Waals surface area contributed by atoms with Gasteiger partial charge in [-0.2, -0.15) is 0 Å². The topological polar surface area (TPSA) is 84.2 Å². The van der Waals surface area contributed by atoms with Gasteiger partial charge >= 0.3 is 5.69 Å². The Bertz CT molecular complexity index is 1090. The van der Waals surface area contributed by atoms with Crippen molar-refractivity contribution in [1.82, 2.24) is 14.9 Å². The molecule has 1 amide bonds. The number of hydrogen-bond acceptors (Lipinski definition) is 4. The summed E-state index contributed by atoms with van der Waals surface area (Å²) >= 11 is 0. The van der Waals surface area contributed by atoms with E-state index in [1.54, 1.807) is 18.2 Å². The third kappa shape index (κ3) is 3.91. The van der Waals surface area contributed by atoms with Gasteiger partial charge in [0.1, 0.15) is 0 Å². The molecule has 1 saturated heterocycles. The number of aromatic nitrogens is 2. The van der Waals surface area contributed by atoms with Crippen molar-refractivity contribution in [3.05, 3.63) is 58.0 Å². The largest absolute Gasteiger partial charge is 0.369 e. The molecule has 4 rings (SSSR count). The normalized spacial score (nSPS) is 16.2. The summed E-state index contributed by atoms with van der Waals surface area (Å²) in [6.45, 7) is 9.73. The lowest BCUT2D eigenvalue weighted by molar-refractivity contribution is -0.120. The molecule has 3 N–H and O–H groups in total. The van der Waals surface area contributed by atoms with Crippen molar-refractivity contribution in [1.29, 1.82) is 0 Å². The van der Waals surface area contributed by atoms with E-state index in [1.165, 1.54) is 16.8 Å². The molecule has 1 atom stereocenters. The van der Waals surface area contributed by atoms with Crippen LogP contribution in [0, 0.1) is 13.8 Å². The molecule has 0 bridgehead atoms. The van der Waals surface area contributed by atoms with E-state index in [-0.39, 0.29) is 17.6 Å². The summed E-state index contributed by atoms with van der Waals surface area (Å²) in [5, 5.41) is 2.97. The van der Waals surface area contributed by atoms with Gasteiger partial charge in [-0.1, -0.05) is 12.1 Å². The highest BCUT2D eigenvalue weighted by molar-refractivity contribution is 5.96. The van der Waals surface area contributed by atoms with Crippen LogP contribution in [0.25, 0.3) is 11.0 Å². The molecule has 1 aliphatic heterocycles. The molecule has 29 heavy (non-hydrogen) atoms. The lowest BCUT2D eigenvalue weighted by Gasteiger charge is -2.39. The van der Waals surface area contributed by atoms with Gasteiger partial charge in [0.15, 0.2) is 0 Å². The van der Waals surface area contributed by atoms with Crippen LogP contribution in [0.5, 0.6) is 0 Å². The fraction of sp³-hybridized carbons (Fsp3) is 0.364. The second-order valence-electron chi connectivity index (χ2n) is 7.75. The number of amides is 1. The van der Waals surface area contributed by atoms with Crippen molar-refractivity contribution in [2.24, 2.45) is 0 Å². The van der Waals surface area contributed by atoms with Gasteiger partial charge in [-0.25, -0.2) is 4.79 Å². The zero-order valence-electron chi connectivity index (χ0n) is 17.1. The highest BCUT2D eigenvalue weighted by Gasteiger charge is 2.26. The van der Waals surface area contributed by atoms with E-state index in [9.17, 15) is 9.59 Å². The molecule has 1 aliphatic rings. The number of carbonyl (C=O) groups is 1. The van der Waals surface area contributed by atoms with E-state index in [0.717, 1.165) is 31.7 Å². The number of fused-ring (bicyclic) bond motifs is 1. The highest BCUT2D eigenvalue weighted by atomic mass is 16.2. The molecular weight excluding hydrogens is 366 g/mol. The molecule has 2 aromatic carbocycles. The number of hydrogen-bond donors (Lipinski definition) is 3. The Morgan fingerprint density at radius 3 is 2.52 bits per heavy atom. The standard InChI is InChI=1S/C22H27N5O2/c1-14-5-4-6-20(15(14)2)27-11-9-26(10-12-27)16(3)21(28)23-17-7-8-18-19(13-17)25-22(29)24-18/h4-8,13,16H,9-12H2,1-3H3,(H,23,28)(H2,24,25,29)/t16-/m1/s1. The number of piperazine rings is 1. The van der Waals surface area contributed by atoms with E-state index >= 15 is 0 Å². The fourth-order valence-corrected chi connectivity index (χ4v) is 3.95. The van der Waals surface area contributed by atoms with Crippen LogP contribution in [0.4, 0.5) is 11.4 Å². The summed E-state index contributed by atoms with van der Waals surface area (Å²) in [5.41, 5.74) is 5.75. The monoisotopic (exact) mass is 393 g/mol. The number of rotatable bonds is 4. The molecule has 3 aromatic rings. The SMILES string of the molecule is Cc1cccc(N2CCN([C@H](C)C(=O)Nc3ccc4[nH]c(=O)[nH]c4c3)CC2)c1C. The third-order valence-electron chi connectivity index (χ3n) is 5.94. The maximum atomic E-state index is 12.8. The van der Waals surface area contributed by atoms with E-state index in [0.29, 0.717) is 11.2 Å². The van der Waals surface area contributed by atoms with E-state index in [2.05, 4.69) is 57.1 Å². The minimum atomic E-state index is -0.251. The average molecular weight is 393 g/mol. The summed E-state index contributed by atoms with van der Waals surface area (Å²) < 4.78 is 0. The zero-order chi connectivity index (χ0) is 20.5. The molecular formula is C22H27N5O2. The molecule has 0 aliphatic carbocycles. The van der Waals surface area contributed by atoms with Crippen LogP contribution in [-0.4, -0.2) is 53.0 Å². The maximum Gasteiger partial charge on any atom is 0.323 e. The molecule has 1 aromatic heterocycles. The Morgan fingerprint density at radius 1 is 1.03 bits per heavy atom. The van der Waals surface area contributed by atoms with Crippen LogP contribution < -0.4 is 15.9 Å². The van der Waals surface area contributed by atoms with Crippen molar-refractivity contribution in [3.8, 4) is 0 Å². The number of aryl methyl sites for hydroxylation is 1. The van der Waals surface area contributed by atoms with Crippen LogP contribution in [0.3, 0.4) is 0 Å². The summed E-state index contributed by atoms with van der Waals surface area (Å²) in [6, 6.07) is 11.6. The number of nitrogens with zero attached hydrogens (tertiary/aromatic N) is 2. The van der Waals surface area contributed by atoms with E-state index < -0.39 is 0 Å². The summed E-state index contributed by atoms with van der Waals surface area (Å²) in [6.07, 6.45) is 0. The van der Waals surface area contributed by atoms with Crippen molar-refractivity contribution >= 4 is 28.3 Å². The van der Waals surface area contributed by atoms with Gasteiger partial charge in [0.2, 0.25) is 5.91 Å². The first-order valence-electron chi connectivity index (χ1n) is 10.0. The second kappa shape index (κ2) is 7.75. The molecule has 1 fully saturated rings. The minimum absolute atomic E-state index is 0.0394. The average Bonchev–Trinajstić information content (AvgIpc) is 3.09. The zero-order valence-corrected chi connectivity index (χ0v) is 17.1. The third-order valence-corrected chi connectivity index (χ3v) is 5.94. The predicted octanol–water partition coefficient (Wildman–Crippen LogP) is 2.62. The molecule has 7 nitrogen and oxygen atoms in total. The number of nitrogens with one attached hydrogen (secondary N) is 3. The smallest absolute Gasteiger partial charge is 0.323 e. The Kier molecular flexibility index (Phi) is 5.15. The number of imidazole rings is 1. The Morgan fingerprint density at radius 2 is 1.76 bits per heavy atom. The number of carbonyl (C=O) groups excluding carboxylic acids is 1. The first-order valence-corrected chi connectivity index (χ1v) is 10.0. The molecule has 152 valence electrons. The first-order chi connectivity index (χ1) is 13.9. The summed E-state index contributed by atoms with van der Waals surface area (Å²) in [5.74, 6) is -0.0394. The first kappa shape index (κ1) is 19.3. The van der Waals surface area contributed by atoms with E-state index in [1.807, 2.05) is 6.92 Å². The molecule has 0 radical (unpaired) electrons. The van der Waals surface area contributed by atoms with Gasteiger partial charge in [-0.3, -0.25) is 9.69 Å². The highest BCUT2D eigenvalue weighted by Crippen LogP contribution is 2.24. The van der Waals surface area contributed by atoms with Crippen molar-refractivity contribution in [2.75, 3.05) is 36.4 Å². The molecule has 7 heteroatoms. The van der Waals surface area contributed by atoms with Gasteiger partial charge in [0, 0.05) is 37.6 Å². The van der Waals surface area contributed by atoms with Crippen LogP contribution in [-0.2, 0) is 4.79 Å². The molecule has 2 heterocycles. The van der Waals surface area contributed by atoms with Crippen LogP contribution >= 0.6 is 0 Å². The Hall–Kier alpha value is -3.06. The van der Waals surface area contributed by atoms with Gasteiger partial charge in [-0.15, -0.1) is 0 Å².